The molecule has 4 heteroatoms. The van der Waals surface area contributed by atoms with E-state index in [0.29, 0.717) is 18.9 Å². The van der Waals surface area contributed by atoms with Gasteiger partial charge in [0.1, 0.15) is 0 Å². The van der Waals surface area contributed by atoms with Gasteiger partial charge in [0.2, 0.25) is 5.91 Å². The molecular formula is C11H20N2O2. The van der Waals surface area contributed by atoms with Crippen molar-refractivity contribution < 1.29 is 9.53 Å². The minimum absolute atomic E-state index is 0.151. The number of hydrogen-bond acceptors (Lipinski definition) is 3. The van der Waals surface area contributed by atoms with E-state index in [9.17, 15) is 4.79 Å². The third-order valence-electron chi connectivity index (χ3n) is 3.45. The fourth-order valence-electron chi connectivity index (χ4n) is 2.32. The van der Waals surface area contributed by atoms with E-state index in [-0.39, 0.29) is 18.1 Å². The lowest BCUT2D eigenvalue weighted by Crippen LogP contribution is -2.33. The van der Waals surface area contributed by atoms with E-state index in [0.717, 1.165) is 26.0 Å². The highest BCUT2D eigenvalue weighted by molar-refractivity contribution is 5.77. The molecule has 4 nitrogen and oxygen atoms in total. The maximum atomic E-state index is 11.9. The Morgan fingerprint density at radius 3 is 2.87 bits per heavy atom. The third kappa shape index (κ3) is 2.49. The Balaban J connectivity index is 1.81. The number of hydrogen-bond donors (Lipinski definition) is 1. The lowest BCUT2D eigenvalue weighted by atomic mass is 10.1. The first kappa shape index (κ1) is 10.9. The van der Waals surface area contributed by atoms with Crippen molar-refractivity contribution in [3.8, 4) is 0 Å². The van der Waals surface area contributed by atoms with Crippen LogP contribution in [0.3, 0.4) is 0 Å². The molecule has 2 aliphatic heterocycles. The number of rotatable bonds is 2. The first-order valence-electron chi connectivity index (χ1n) is 5.82. The van der Waals surface area contributed by atoms with Gasteiger partial charge in [0.25, 0.3) is 0 Å². The van der Waals surface area contributed by atoms with E-state index in [1.807, 2.05) is 4.90 Å². The monoisotopic (exact) mass is 212 g/mol. The molecule has 0 saturated carbocycles. The first-order chi connectivity index (χ1) is 7.16. The van der Waals surface area contributed by atoms with Crippen molar-refractivity contribution in [1.29, 1.82) is 0 Å². The Kier molecular flexibility index (Phi) is 3.26. The van der Waals surface area contributed by atoms with Gasteiger partial charge in [-0.15, -0.1) is 0 Å². The largest absolute Gasteiger partial charge is 0.378 e. The molecule has 3 unspecified atom stereocenters. The van der Waals surface area contributed by atoms with E-state index in [2.05, 4.69) is 6.92 Å². The topological polar surface area (TPSA) is 55.6 Å². The van der Waals surface area contributed by atoms with Gasteiger partial charge in [-0.25, -0.2) is 0 Å². The Hall–Kier alpha value is -0.610. The summed E-state index contributed by atoms with van der Waals surface area (Å²) >= 11 is 0. The number of carbonyl (C=O) groups excluding carboxylic acids is 1. The molecule has 15 heavy (non-hydrogen) atoms. The van der Waals surface area contributed by atoms with Crippen molar-refractivity contribution in [1.82, 2.24) is 4.90 Å². The zero-order chi connectivity index (χ0) is 10.8. The first-order valence-corrected chi connectivity index (χ1v) is 5.82. The number of nitrogens with zero attached hydrogens (tertiary/aromatic N) is 1. The summed E-state index contributed by atoms with van der Waals surface area (Å²) in [6.45, 7) is 4.44. The number of amides is 1. The summed E-state index contributed by atoms with van der Waals surface area (Å²) in [5, 5.41) is 0. The molecule has 2 aliphatic rings. The average Bonchev–Trinajstić information content (AvgIpc) is 2.78. The van der Waals surface area contributed by atoms with Gasteiger partial charge in [-0.05, 0) is 18.8 Å². The van der Waals surface area contributed by atoms with E-state index < -0.39 is 0 Å². The van der Waals surface area contributed by atoms with Crippen molar-refractivity contribution >= 4 is 5.91 Å². The highest BCUT2D eigenvalue weighted by Crippen LogP contribution is 2.20. The van der Waals surface area contributed by atoms with Crippen LogP contribution in [-0.2, 0) is 9.53 Å². The zero-order valence-electron chi connectivity index (χ0n) is 9.32. The fourth-order valence-corrected chi connectivity index (χ4v) is 2.32. The molecule has 0 bridgehead atoms. The van der Waals surface area contributed by atoms with Crippen LogP contribution in [0.25, 0.3) is 0 Å². The second-order valence-electron chi connectivity index (χ2n) is 4.78. The molecule has 2 heterocycles. The van der Waals surface area contributed by atoms with Crippen molar-refractivity contribution in [3.63, 3.8) is 0 Å². The summed E-state index contributed by atoms with van der Waals surface area (Å²) in [6, 6.07) is 0.151. The third-order valence-corrected chi connectivity index (χ3v) is 3.45. The van der Waals surface area contributed by atoms with Gasteiger partial charge in [-0.1, -0.05) is 6.92 Å². The van der Waals surface area contributed by atoms with Gasteiger partial charge < -0.3 is 15.4 Å². The second kappa shape index (κ2) is 4.49. The maximum Gasteiger partial charge on any atom is 0.225 e. The lowest BCUT2D eigenvalue weighted by molar-refractivity contribution is -0.132. The molecule has 2 saturated heterocycles. The van der Waals surface area contributed by atoms with Crippen LogP contribution in [0.5, 0.6) is 0 Å². The second-order valence-corrected chi connectivity index (χ2v) is 4.78. The molecule has 2 rings (SSSR count). The molecule has 0 aliphatic carbocycles. The lowest BCUT2D eigenvalue weighted by Gasteiger charge is -2.18. The van der Waals surface area contributed by atoms with Crippen LogP contribution in [0.2, 0.25) is 0 Å². The standard InChI is InChI=1S/C11H20N2O2/c1-8-6-13(7-10(8)12)11(14)5-9-3-2-4-15-9/h8-10H,2-7,12H2,1H3. The molecule has 3 atom stereocenters. The van der Waals surface area contributed by atoms with Crippen molar-refractivity contribution in [3.05, 3.63) is 0 Å². The molecule has 2 N–H and O–H groups in total. The summed E-state index contributed by atoms with van der Waals surface area (Å²) in [5.41, 5.74) is 5.89. The highest BCUT2D eigenvalue weighted by Gasteiger charge is 2.31. The van der Waals surface area contributed by atoms with Crippen LogP contribution in [0.1, 0.15) is 26.2 Å². The zero-order valence-corrected chi connectivity index (χ0v) is 9.32. The molecule has 0 aromatic heterocycles. The van der Waals surface area contributed by atoms with Gasteiger partial charge in [0, 0.05) is 25.7 Å². The summed E-state index contributed by atoms with van der Waals surface area (Å²) in [6.07, 6.45) is 2.82. The quantitative estimate of drug-likeness (QED) is 0.719. The van der Waals surface area contributed by atoms with Crippen LogP contribution >= 0.6 is 0 Å². The molecule has 0 aromatic carbocycles. The SMILES string of the molecule is CC1CN(C(=O)CC2CCCO2)CC1N. The van der Waals surface area contributed by atoms with Gasteiger partial charge >= 0.3 is 0 Å². The Bertz CT molecular complexity index is 229. The van der Waals surface area contributed by atoms with Crippen LogP contribution in [0.4, 0.5) is 0 Å². The fraction of sp³-hybridized carbons (Fsp3) is 0.909. The molecular weight excluding hydrogens is 192 g/mol. The minimum Gasteiger partial charge on any atom is -0.378 e. The van der Waals surface area contributed by atoms with Crippen LogP contribution in [0, 0.1) is 5.92 Å². The predicted molar refractivity (Wildman–Crippen MR) is 57.3 cm³/mol. The van der Waals surface area contributed by atoms with Gasteiger partial charge in [0.15, 0.2) is 0 Å². The molecule has 0 radical (unpaired) electrons. The summed E-state index contributed by atoms with van der Waals surface area (Å²) in [7, 11) is 0. The molecule has 1 amide bonds. The number of likely N-dealkylation sites (tertiary alicyclic amines) is 1. The number of ether oxygens (including phenoxy) is 1. The van der Waals surface area contributed by atoms with Crippen molar-refractivity contribution in [2.75, 3.05) is 19.7 Å². The van der Waals surface area contributed by atoms with Crippen LogP contribution in [0.15, 0.2) is 0 Å². The number of nitrogens with two attached hydrogens (primary N) is 1. The van der Waals surface area contributed by atoms with E-state index in [1.54, 1.807) is 0 Å². The molecule has 0 aromatic rings. The van der Waals surface area contributed by atoms with E-state index in [1.165, 1.54) is 0 Å². The Morgan fingerprint density at radius 1 is 1.53 bits per heavy atom. The molecule has 2 fully saturated rings. The molecule has 0 spiro atoms. The summed E-state index contributed by atoms with van der Waals surface area (Å²) in [5.74, 6) is 0.639. The van der Waals surface area contributed by atoms with Crippen LogP contribution in [-0.4, -0.2) is 42.6 Å². The van der Waals surface area contributed by atoms with Gasteiger partial charge in [0.05, 0.1) is 12.5 Å². The predicted octanol–water partition coefficient (Wildman–Crippen LogP) is 0.361. The van der Waals surface area contributed by atoms with Crippen LogP contribution < -0.4 is 5.73 Å². The van der Waals surface area contributed by atoms with E-state index in [4.69, 9.17) is 10.5 Å². The summed E-state index contributed by atoms with van der Waals surface area (Å²) in [4.78, 5) is 13.8. The van der Waals surface area contributed by atoms with Crippen molar-refractivity contribution in [2.45, 2.75) is 38.3 Å². The normalized spacial score (nSPS) is 36.1. The van der Waals surface area contributed by atoms with Gasteiger partial charge in [-0.2, -0.15) is 0 Å². The molecule has 86 valence electrons. The highest BCUT2D eigenvalue weighted by atomic mass is 16.5. The smallest absolute Gasteiger partial charge is 0.225 e. The summed E-state index contributed by atoms with van der Waals surface area (Å²) < 4.78 is 5.46. The maximum absolute atomic E-state index is 11.9. The average molecular weight is 212 g/mol. The number of carbonyl (C=O) groups is 1. The van der Waals surface area contributed by atoms with E-state index >= 15 is 0 Å². The Morgan fingerprint density at radius 2 is 2.33 bits per heavy atom. The Labute approximate surface area is 90.8 Å². The van der Waals surface area contributed by atoms with Crippen molar-refractivity contribution in [2.24, 2.45) is 11.7 Å². The van der Waals surface area contributed by atoms with Gasteiger partial charge in [-0.3, -0.25) is 4.79 Å². The minimum atomic E-state index is 0.151.